The minimum atomic E-state index is 0.341. The number of hydrogen-bond donors (Lipinski definition) is 3. The third-order valence-corrected chi connectivity index (χ3v) is 5.53. The van der Waals surface area contributed by atoms with E-state index in [1.165, 1.54) is 82.6 Å². The summed E-state index contributed by atoms with van der Waals surface area (Å²) in [6, 6.07) is 5.52. The summed E-state index contributed by atoms with van der Waals surface area (Å²) >= 11 is 0. The number of rotatable bonds is 16. The Bertz CT molecular complexity index is 620. The zero-order valence-electron chi connectivity index (χ0n) is 17.4. The van der Waals surface area contributed by atoms with Crippen LogP contribution in [0.5, 0.6) is 5.75 Å². The maximum atomic E-state index is 9.65. The molecule has 0 bridgehead atoms. The van der Waals surface area contributed by atoms with Crippen LogP contribution >= 0.6 is 0 Å². The molecule has 152 valence electrons. The number of benzene rings is 1. The highest BCUT2D eigenvalue weighted by Gasteiger charge is 2.04. The Labute approximate surface area is 166 Å². The molecule has 0 unspecified atom stereocenters. The summed E-state index contributed by atoms with van der Waals surface area (Å²) in [4.78, 5) is 3.28. The van der Waals surface area contributed by atoms with Crippen LogP contribution < -0.4 is 5.32 Å². The Morgan fingerprint density at radius 1 is 0.815 bits per heavy atom. The molecule has 0 aliphatic carbocycles. The Morgan fingerprint density at radius 2 is 1.44 bits per heavy atom. The highest BCUT2D eigenvalue weighted by atomic mass is 16.3. The Balaban J connectivity index is 1.39. The van der Waals surface area contributed by atoms with Crippen molar-refractivity contribution in [1.82, 2.24) is 10.3 Å². The van der Waals surface area contributed by atoms with Crippen molar-refractivity contribution < 1.29 is 5.11 Å². The van der Waals surface area contributed by atoms with Gasteiger partial charge in [0.2, 0.25) is 0 Å². The second-order valence-electron chi connectivity index (χ2n) is 7.93. The summed E-state index contributed by atoms with van der Waals surface area (Å²) in [5, 5.41) is 14.4. The summed E-state index contributed by atoms with van der Waals surface area (Å²) in [5.41, 5.74) is 2.38. The molecule has 0 aliphatic rings. The predicted octanol–water partition coefficient (Wildman–Crippen LogP) is 6.71. The fourth-order valence-corrected chi connectivity index (χ4v) is 3.81. The molecule has 1 heterocycles. The van der Waals surface area contributed by atoms with Gasteiger partial charge in [0.15, 0.2) is 0 Å². The third-order valence-electron chi connectivity index (χ3n) is 5.53. The SMILES string of the molecule is CCCCCCCCCCCCCCNCCc1c[nH]c2ccc(O)cc12. The molecule has 0 saturated heterocycles. The highest BCUT2D eigenvalue weighted by molar-refractivity contribution is 5.84. The van der Waals surface area contributed by atoms with Gasteiger partial charge in [-0.3, -0.25) is 0 Å². The lowest BCUT2D eigenvalue weighted by atomic mass is 10.1. The number of hydrogen-bond acceptors (Lipinski definition) is 2. The molecule has 2 rings (SSSR count). The van der Waals surface area contributed by atoms with Crippen molar-refractivity contribution in [3.63, 3.8) is 0 Å². The van der Waals surface area contributed by atoms with E-state index in [0.29, 0.717) is 5.75 Å². The van der Waals surface area contributed by atoms with E-state index in [2.05, 4.69) is 23.4 Å². The highest BCUT2D eigenvalue weighted by Crippen LogP contribution is 2.23. The molecule has 0 fully saturated rings. The Hall–Kier alpha value is -1.48. The van der Waals surface area contributed by atoms with E-state index in [0.717, 1.165) is 30.4 Å². The number of aromatic nitrogens is 1. The van der Waals surface area contributed by atoms with Crippen molar-refractivity contribution in [3.05, 3.63) is 30.0 Å². The van der Waals surface area contributed by atoms with Crippen molar-refractivity contribution in [2.75, 3.05) is 13.1 Å². The van der Waals surface area contributed by atoms with Gasteiger partial charge >= 0.3 is 0 Å². The number of phenolic OH excluding ortho intramolecular Hbond substituents is 1. The summed E-state index contributed by atoms with van der Waals surface area (Å²) in [6.07, 6.45) is 19.9. The number of nitrogens with one attached hydrogen (secondary N) is 2. The number of aromatic amines is 1. The van der Waals surface area contributed by atoms with Gasteiger partial charge < -0.3 is 15.4 Å². The van der Waals surface area contributed by atoms with Gasteiger partial charge in [-0.05, 0) is 49.7 Å². The van der Waals surface area contributed by atoms with E-state index in [4.69, 9.17) is 0 Å². The van der Waals surface area contributed by atoms with Gasteiger partial charge in [-0.1, -0.05) is 77.6 Å². The van der Waals surface area contributed by atoms with Crippen LogP contribution in [0.1, 0.15) is 89.5 Å². The summed E-state index contributed by atoms with van der Waals surface area (Å²) < 4.78 is 0. The largest absolute Gasteiger partial charge is 0.508 e. The Morgan fingerprint density at radius 3 is 2.11 bits per heavy atom. The molecule has 3 nitrogen and oxygen atoms in total. The average Bonchev–Trinajstić information content (AvgIpc) is 3.07. The van der Waals surface area contributed by atoms with E-state index in [1.807, 2.05) is 12.1 Å². The van der Waals surface area contributed by atoms with Crippen molar-refractivity contribution in [2.45, 2.75) is 90.4 Å². The molecule has 0 aliphatic heterocycles. The number of unbranched alkanes of at least 4 members (excludes halogenated alkanes) is 11. The fraction of sp³-hybridized carbons (Fsp3) is 0.667. The Kier molecular flexibility index (Phi) is 11.0. The van der Waals surface area contributed by atoms with Crippen LogP contribution in [0.2, 0.25) is 0 Å². The standard InChI is InChI=1S/C24H40N2O/c1-2-3-4-5-6-7-8-9-10-11-12-13-17-25-18-16-21-20-26-24-15-14-22(27)19-23(21)24/h14-15,19-20,25-27H,2-13,16-18H2,1H3. The minimum Gasteiger partial charge on any atom is -0.508 e. The second kappa shape index (κ2) is 13.7. The van der Waals surface area contributed by atoms with Crippen LogP contribution in [-0.2, 0) is 6.42 Å². The van der Waals surface area contributed by atoms with Gasteiger partial charge in [0.05, 0.1) is 0 Å². The van der Waals surface area contributed by atoms with Crippen molar-refractivity contribution in [1.29, 1.82) is 0 Å². The fourth-order valence-electron chi connectivity index (χ4n) is 3.81. The van der Waals surface area contributed by atoms with Crippen LogP contribution in [0.4, 0.5) is 0 Å². The molecule has 0 radical (unpaired) electrons. The van der Waals surface area contributed by atoms with E-state index in [-0.39, 0.29) is 0 Å². The first-order valence-electron chi connectivity index (χ1n) is 11.3. The van der Waals surface area contributed by atoms with Gasteiger partial charge in [-0.15, -0.1) is 0 Å². The van der Waals surface area contributed by atoms with Gasteiger partial charge in [-0.25, -0.2) is 0 Å². The lowest BCUT2D eigenvalue weighted by molar-refractivity contribution is 0.476. The summed E-state index contributed by atoms with van der Waals surface area (Å²) in [7, 11) is 0. The van der Waals surface area contributed by atoms with E-state index in [9.17, 15) is 5.11 Å². The number of H-pyrrole nitrogens is 1. The molecule has 0 atom stereocenters. The van der Waals surface area contributed by atoms with Crippen molar-refractivity contribution in [2.24, 2.45) is 0 Å². The molecule has 0 spiro atoms. The normalized spacial score (nSPS) is 11.4. The predicted molar refractivity (Wildman–Crippen MR) is 118 cm³/mol. The molecule has 3 heteroatoms. The zero-order valence-corrected chi connectivity index (χ0v) is 17.4. The molecule has 27 heavy (non-hydrogen) atoms. The molecule has 1 aromatic heterocycles. The first kappa shape index (κ1) is 21.8. The molecule has 2 aromatic rings. The number of fused-ring (bicyclic) bond motifs is 1. The van der Waals surface area contributed by atoms with Crippen molar-refractivity contribution in [3.8, 4) is 5.75 Å². The summed E-state index contributed by atoms with van der Waals surface area (Å²) in [6.45, 7) is 4.40. The van der Waals surface area contributed by atoms with Crippen LogP contribution in [0, 0.1) is 0 Å². The second-order valence-corrected chi connectivity index (χ2v) is 7.93. The smallest absolute Gasteiger partial charge is 0.116 e. The lowest BCUT2D eigenvalue weighted by Gasteiger charge is -2.05. The number of aromatic hydroxyl groups is 1. The van der Waals surface area contributed by atoms with Crippen LogP contribution in [-0.4, -0.2) is 23.2 Å². The zero-order chi connectivity index (χ0) is 19.2. The average molecular weight is 373 g/mol. The van der Waals surface area contributed by atoms with Crippen LogP contribution in [0.15, 0.2) is 24.4 Å². The van der Waals surface area contributed by atoms with Crippen molar-refractivity contribution >= 4 is 10.9 Å². The topological polar surface area (TPSA) is 48.0 Å². The maximum Gasteiger partial charge on any atom is 0.116 e. The monoisotopic (exact) mass is 372 g/mol. The van der Waals surface area contributed by atoms with E-state index < -0.39 is 0 Å². The van der Waals surface area contributed by atoms with Gasteiger partial charge in [-0.2, -0.15) is 0 Å². The molecular formula is C24H40N2O. The molecular weight excluding hydrogens is 332 g/mol. The molecule has 0 saturated carbocycles. The first-order valence-corrected chi connectivity index (χ1v) is 11.3. The third kappa shape index (κ3) is 8.83. The first-order chi connectivity index (χ1) is 13.3. The van der Waals surface area contributed by atoms with E-state index in [1.54, 1.807) is 6.07 Å². The maximum absolute atomic E-state index is 9.65. The molecule has 3 N–H and O–H groups in total. The minimum absolute atomic E-state index is 0.341. The van der Waals surface area contributed by atoms with Crippen LogP contribution in [0.25, 0.3) is 10.9 Å². The summed E-state index contributed by atoms with van der Waals surface area (Å²) in [5.74, 6) is 0.341. The molecule has 1 aromatic carbocycles. The van der Waals surface area contributed by atoms with Crippen LogP contribution in [0.3, 0.4) is 0 Å². The quantitative estimate of drug-likeness (QED) is 0.287. The molecule has 0 amide bonds. The lowest BCUT2D eigenvalue weighted by Crippen LogP contribution is -2.18. The van der Waals surface area contributed by atoms with Gasteiger partial charge in [0, 0.05) is 17.1 Å². The van der Waals surface area contributed by atoms with E-state index >= 15 is 0 Å². The van der Waals surface area contributed by atoms with Gasteiger partial charge in [0.25, 0.3) is 0 Å². The number of phenols is 1. The van der Waals surface area contributed by atoms with Gasteiger partial charge in [0.1, 0.15) is 5.75 Å².